The van der Waals surface area contributed by atoms with E-state index in [1.807, 2.05) is 36.5 Å². The first-order valence-electron chi connectivity index (χ1n) is 6.92. The van der Waals surface area contributed by atoms with Gasteiger partial charge in [0.15, 0.2) is 0 Å². The molecule has 0 aliphatic heterocycles. The zero-order valence-electron chi connectivity index (χ0n) is 11.8. The lowest BCUT2D eigenvalue weighted by atomic mass is 10.1. The maximum Gasteiger partial charge on any atom is 0.269 e. The van der Waals surface area contributed by atoms with Gasteiger partial charge in [0.1, 0.15) is 0 Å². The number of nitrogens with zero attached hydrogens (tertiary/aromatic N) is 4. The summed E-state index contributed by atoms with van der Waals surface area (Å²) in [6.07, 6.45) is 3.41. The van der Waals surface area contributed by atoms with Crippen LogP contribution in [0.25, 0.3) is 5.69 Å². The van der Waals surface area contributed by atoms with E-state index in [4.69, 9.17) is 0 Å². The fraction of sp³-hybridized carbons (Fsp3) is 0.125. The summed E-state index contributed by atoms with van der Waals surface area (Å²) in [5.41, 5.74) is 3.01. The summed E-state index contributed by atoms with van der Waals surface area (Å²) in [4.78, 5) is 10.2. The third kappa shape index (κ3) is 3.17. The molecule has 0 spiro atoms. The molecule has 6 heteroatoms. The zero-order chi connectivity index (χ0) is 15.4. The zero-order valence-corrected chi connectivity index (χ0v) is 11.8. The number of para-hydroxylation sites is 1. The lowest BCUT2D eigenvalue weighted by molar-refractivity contribution is -0.384. The van der Waals surface area contributed by atoms with Gasteiger partial charge in [-0.3, -0.25) is 10.1 Å². The van der Waals surface area contributed by atoms with Crippen LogP contribution in [0.2, 0.25) is 0 Å². The first kappa shape index (κ1) is 13.9. The van der Waals surface area contributed by atoms with Gasteiger partial charge in [0, 0.05) is 12.1 Å². The number of rotatable bonds is 5. The van der Waals surface area contributed by atoms with Gasteiger partial charge < -0.3 is 0 Å². The Morgan fingerprint density at radius 2 is 1.73 bits per heavy atom. The van der Waals surface area contributed by atoms with Crippen LogP contribution >= 0.6 is 0 Å². The Morgan fingerprint density at radius 3 is 2.41 bits per heavy atom. The quantitative estimate of drug-likeness (QED) is 0.535. The van der Waals surface area contributed by atoms with E-state index in [1.165, 1.54) is 12.1 Å². The van der Waals surface area contributed by atoms with Gasteiger partial charge >= 0.3 is 0 Å². The Labute approximate surface area is 127 Å². The van der Waals surface area contributed by atoms with Gasteiger partial charge in [-0.05, 0) is 30.5 Å². The van der Waals surface area contributed by atoms with Crippen LogP contribution in [0, 0.1) is 10.1 Å². The van der Waals surface area contributed by atoms with Crippen LogP contribution in [0.5, 0.6) is 0 Å². The normalized spacial score (nSPS) is 10.5. The van der Waals surface area contributed by atoms with Gasteiger partial charge in [0.05, 0.1) is 22.5 Å². The largest absolute Gasteiger partial charge is 0.269 e. The van der Waals surface area contributed by atoms with Crippen LogP contribution in [0.3, 0.4) is 0 Å². The smallest absolute Gasteiger partial charge is 0.258 e. The highest BCUT2D eigenvalue weighted by atomic mass is 16.6. The number of aromatic nitrogens is 3. The number of benzene rings is 2. The van der Waals surface area contributed by atoms with Crippen molar-refractivity contribution in [1.82, 2.24) is 15.0 Å². The van der Waals surface area contributed by atoms with Gasteiger partial charge in [-0.2, -0.15) is 0 Å². The average Bonchev–Trinajstić information content (AvgIpc) is 3.03. The summed E-state index contributed by atoms with van der Waals surface area (Å²) in [5, 5.41) is 18.9. The number of non-ortho nitro benzene ring substituents is 1. The van der Waals surface area contributed by atoms with Crippen molar-refractivity contribution in [2.45, 2.75) is 12.8 Å². The molecule has 0 atom stereocenters. The summed E-state index contributed by atoms with van der Waals surface area (Å²) in [6, 6.07) is 16.4. The Balaban J connectivity index is 1.65. The maximum atomic E-state index is 10.6. The van der Waals surface area contributed by atoms with Crippen LogP contribution in [0.1, 0.15) is 11.3 Å². The average molecular weight is 294 g/mol. The molecule has 3 aromatic rings. The standard InChI is InChI=1S/C16H14N4O2/c21-20(22)16-10-7-13(8-11-16)6-9-14-12-19(18-17-14)15-4-2-1-3-5-15/h1-5,7-8,10-12H,6,9H2. The van der Waals surface area contributed by atoms with Crippen molar-refractivity contribution in [3.63, 3.8) is 0 Å². The number of nitro benzene ring substituents is 1. The highest BCUT2D eigenvalue weighted by molar-refractivity contribution is 5.33. The Hall–Kier alpha value is -3.02. The molecule has 3 rings (SSSR count). The van der Waals surface area contributed by atoms with E-state index in [9.17, 15) is 10.1 Å². The molecule has 2 aromatic carbocycles. The molecule has 0 saturated carbocycles. The van der Waals surface area contributed by atoms with E-state index < -0.39 is 4.92 Å². The Bertz CT molecular complexity index is 766. The maximum absolute atomic E-state index is 10.6. The number of aryl methyl sites for hydroxylation is 2. The first-order chi connectivity index (χ1) is 10.7. The minimum absolute atomic E-state index is 0.110. The van der Waals surface area contributed by atoms with E-state index in [1.54, 1.807) is 16.8 Å². The second kappa shape index (κ2) is 6.17. The van der Waals surface area contributed by atoms with E-state index in [-0.39, 0.29) is 5.69 Å². The van der Waals surface area contributed by atoms with Crippen LogP contribution in [0.15, 0.2) is 60.8 Å². The summed E-state index contributed by atoms with van der Waals surface area (Å²) in [7, 11) is 0. The molecule has 0 aliphatic carbocycles. The molecule has 0 aliphatic rings. The van der Waals surface area contributed by atoms with Gasteiger partial charge in [0.2, 0.25) is 0 Å². The number of nitro groups is 1. The van der Waals surface area contributed by atoms with Crippen molar-refractivity contribution < 1.29 is 4.92 Å². The van der Waals surface area contributed by atoms with Crippen molar-refractivity contribution in [3.05, 3.63) is 82.2 Å². The Kier molecular flexibility index (Phi) is 3.91. The van der Waals surface area contributed by atoms with Crippen LogP contribution in [0.4, 0.5) is 5.69 Å². The molecule has 6 nitrogen and oxygen atoms in total. The SMILES string of the molecule is O=[N+]([O-])c1ccc(CCc2cn(-c3ccccc3)nn2)cc1. The molecular weight excluding hydrogens is 280 g/mol. The van der Waals surface area contributed by atoms with Crippen molar-refractivity contribution in [3.8, 4) is 5.69 Å². The molecule has 0 amide bonds. The highest BCUT2D eigenvalue weighted by Crippen LogP contribution is 2.14. The lowest BCUT2D eigenvalue weighted by Crippen LogP contribution is -1.94. The van der Waals surface area contributed by atoms with Gasteiger partial charge in [-0.25, -0.2) is 4.68 Å². The van der Waals surface area contributed by atoms with Gasteiger partial charge in [0.25, 0.3) is 5.69 Å². The predicted octanol–water partition coefficient (Wildman–Crippen LogP) is 2.96. The molecule has 1 heterocycles. The molecule has 0 unspecified atom stereocenters. The summed E-state index contributed by atoms with van der Waals surface area (Å²) in [6.45, 7) is 0. The molecule has 0 N–H and O–H groups in total. The minimum atomic E-state index is -0.394. The number of hydrogen-bond donors (Lipinski definition) is 0. The minimum Gasteiger partial charge on any atom is -0.258 e. The van der Waals surface area contributed by atoms with Gasteiger partial charge in [-0.1, -0.05) is 35.5 Å². The Morgan fingerprint density at radius 1 is 1.00 bits per heavy atom. The van der Waals surface area contributed by atoms with Gasteiger partial charge in [-0.15, -0.1) is 5.10 Å². The van der Waals surface area contributed by atoms with E-state index in [2.05, 4.69) is 10.3 Å². The lowest BCUT2D eigenvalue weighted by Gasteiger charge is -1.99. The summed E-state index contributed by atoms with van der Waals surface area (Å²) >= 11 is 0. The van der Waals surface area contributed by atoms with Crippen LogP contribution < -0.4 is 0 Å². The number of hydrogen-bond acceptors (Lipinski definition) is 4. The second-order valence-electron chi connectivity index (χ2n) is 4.91. The molecule has 0 radical (unpaired) electrons. The third-order valence-electron chi connectivity index (χ3n) is 3.38. The molecule has 110 valence electrons. The fourth-order valence-electron chi connectivity index (χ4n) is 2.18. The third-order valence-corrected chi connectivity index (χ3v) is 3.38. The molecule has 0 bridgehead atoms. The van der Waals surface area contributed by atoms with Crippen molar-refractivity contribution in [1.29, 1.82) is 0 Å². The fourth-order valence-corrected chi connectivity index (χ4v) is 2.18. The predicted molar refractivity (Wildman–Crippen MR) is 81.9 cm³/mol. The summed E-state index contributed by atoms with van der Waals surface area (Å²) in [5.74, 6) is 0. The highest BCUT2D eigenvalue weighted by Gasteiger charge is 2.06. The van der Waals surface area contributed by atoms with E-state index in [0.717, 1.165) is 29.8 Å². The molecule has 0 fully saturated rings. The summed E-state index contributed by atoms with van der Waals surface area (Å²) < 4.78 is 1.74. The van der Waals surface area contributed by atoms with E-state index in [0.29, 0.717) is 0 Å². The van der Waals surface area contributed by atoms with Crippen molar-refractivity contribution in [2.24, 2.45) is 0 Å². The molecule has 0 saturated heterocycles. The van der Waals surface area contributed by atoms with Crippen LogP contribution in [-0.2, 0) is 12.8 Å². The second-order valence-corrected chi connectivity index (χ2v) is 4.91. The van der Waals surface area contributed by atoms with Crippen molar-refractivity contribution in [2.75, 3.05) is 0 Å². The van der Waals surface area contributed by atoms with Crippen LogP contribution in [-0.4, -0.2) is 19.9 Å². The monoisotopic (exact) mass is 294 g/mol. The van der Waals surface area contributed by atoms with E-state index >= 15 is 0 Å². The molecule has 22 heavy (non-hydrogen) atoms. The van der Waals surface area contributed by atoms with Crippen molar-refractivity contribution >= 4 is 5.69 Å². The molecular formula is C16H14N4O2. The first-order valence-corrected chi connectivity index (χ1v) is 6.92. The topological polar surface area (TPSA) is 73.8 Å². The molecule has 1 aromatic heterocycles.